The van der Waals surface area contributed by atoms with Gasteiger partial charge in [-0.15, -0.1) is 0 Å². The van der Waals surface area contributed by atoms with E-state index in [9.17, 15) is 22.8 Å². The molecule has 5 nitrogen and oxygen atoms in total. The van der Waals surface area contributed by atoms with Gasteiger partial charge in [0.15, 0.2) is 0 Å². The number of nitrogens with zero attached hydrogens (tertiary/aromatic N) is 1. The molecule has 1 aliphatic carbocycles. The lowest BCUT2D eigenvalue weighted by molar-refractivity contribution is -0.150. The molecule has 2 aromatic carbocycles. The molecule has 28 heavy (non-hydrogen) atoms. The molecule has 0 bridgehead atoms. The van der Waals surface area contributed by atoms with Crippen LogP contribution in [0.2, 0.25) is 0 Å². The number of carbonyl (C=O) groups excluding carboxylic acids is 2. The number of rotatable bonds is 5. The highest BCUT2D eigenvalue weighted by atomic mass is 19.4. The van der Waals surface area contributed by atoms with Crippen molar-refractivity contribution < 1.29 is 32.3 Å². The maximum absolute atomic E-state index is 12.5. The number of benzene rings is 2. The molecule has 0 aliphatic heterocycles. The Morgan fingerprint density at radius 3 is 2.25 bits per heavy atom. The zero-order valence-corrected chi connectivity index (χ0v) is 14.6. The first-order valence-corrected chi connectivity index (χ1v) is 8.48. The van der Waals surface area contributed by atoms with Crippen molar-refractivity contribution in [3.05, 3.63) is 71.3 Å². The van der Waals surface area contributed by atoms with Crippen LogP contribution in [0.1, 0.15) is 34.3 Å². The Morgan fingerprint density at radius 1 is 1.00 bits per heavy atom. The van der Waals surface area contributed by atoms with Gasteiger partial charge in [-0.2, -0.15) is 13.2 Å². The summed E-state index contributed by atoms with van der Waals surface area (Å²) in [6.45, 7) is 0.186. The van der Waals surface area contributed by atoms with E-state index in [1.807, 2.05) is 30.3 Å². The molecule has 146 valence electrons. The van der Waals surface area contributed by atoms with Crippen LogP contribution in [0.3, 0.4) is 0 Å². The van der Waals surface area contributed by atoms with Crippen molar-refractivity contribution in [1.29, 1.82) is 0 Å². The molecule has 0 spiro atoms. The molecule has 0 N–H and O–H groups in total. The lowest BCUT2D eigenvalue weighted by Crippen LogP contribution is -2.32. The van der Waals surface area contributed by atoms with Crippen LogP contribution in [0, 0.1) is 5.92 Å². The van der Waals surface area contributed by atoms with Crippen molar-refractivity contribution in [2.45, 2.75) is 25.6 Å². The van der Waals surface area contributed by atoms with Crippen molar-refractivity contribution in [2.24, 2.45) is 11.1 Å². The molecule has 0 saturated heterocycles. The minimum Gasteiger partial charge on any atom is -0.461 e. The maximum Gasteiger partial charge on any atom is 0.416 e. The molecule has 1 saturated carbocycles. The van der Waals surface area contributed by atoms with Gasteiger partial charge in [-0.3, -0.25) is 4.79 Å². The molecule has 0 atom stereocenters. The molecular formula is C20H16F3NO4. The van der Waals surface area contributed by atoms with Gasteiger partial charge in [0.1, 0.15) is 6.61 Å². The number of ether oxygens (including phenoxy) is 1. The Bertz CT molecular complexity index is 869. The minimum atomic E-state index is -4.47. The summed E-state index contributed by atoms with van der Waals surface area (Å²) < 4.78 is 42.7. The first-order valence-electron chi connectivity index (χ1n) is 8.48. The smallest absolute Gasteiger partial charge is 0.416 e. The average molecular weight is 391 g/mol. The van der Waals surface area contributed by atoms with E-state index in [1.54, 1.807) is 0 Å². The first-order chi connectivity index (χ1) is 13.3. The number of alkyl halides is 3. The molecule has 0 amide bonds. The third kappa shape index (κ3) is 4.97. The van der Waals surface area contributed by atoms with Crippen LogP contribution in [0.15, 0.2) is 59.8 Å². The van der Waals surface area contributed by atoms with E-state index in [0.29, 0.717) is 18.6 Å². The largest absolute Gasteiger partial charge is 0.461 e. The lowest BCUT2D eigenvalue weighted by Gasteiger charge is -2.24. The summed E-state index contributed by atoms with van der Waals surface area (Å²) >= 11 is 0. The van der Waals surface area contributed by atoms with Gasteiger partial charge in [0.25, 0.3) is 0 Å². The number of esters is 1. The standard InChI is InChI=1S/C20H16F3NO4/c21-20(22,23)16-8-6-14(7-9-16)19(26)28-24-17-10-15(11-17)18(25)27-12-13-4-2-1-3-5-13/h1-9,15H,10-12H2. The summed E-state index contributed by atoms with van der Waals surface area (Å²) in [5.41, 5.74) is 0.498. The molecule has 1 aliphatic rings. The molecule has 3 rings (SSSR count). The highest BCUT2D eigenvalue weighted by molar-refractivity contribution is 5.98. The van der Waals surface area contributed by atoms with Crippen LogP contribution in [0.25, 0.3) is 0 Å². The quantitative estimate of drug-likeness (QED) is 0.431. The van der Waals surface area contributed by atoms with Gasteiger partial charge in [-0.1, -0.05) is 35.5 Å². The van der Waals surface area contributed by atoms with Crippen molar-refractivity contribution in [3.63, 3.8) is 0 Å². The molecule has 1 fully saturated rings. The predicted octanol–water partition coefficient (Wildman–Crippen LogP) is 4.37. The summed E-state index contributed by atoms with van der Waals surface area (Å²) in [5.74, 6) is -1.56. The van der Waals surface area contributed by atoms with Gasteiger partial charge in [-0.05, 0) is 29.8 Å². The van der Waals surface area contributed by atoms with Crippen LogP contribution in [-0.2, 0) is 27.2 Å². The van der Waals surface area contributed by atoms with E-state index < -0.39 is 17.7 Å². The minimum absolute atomic E-state index is 0.0458. The fraction of sp³-hybridized carbons (Fsp3) is 0.250. The zero-order valence-electron chi connectivity index (χ0n) is 14.6. The van der Waals surface area contributed by atoms with E-state index in [4.69, 9.17) is 9.57 Å². The van der Waals surface area contributed by atoms with Gasteiger partial charge in [0.2, 0.25) is 0 Å². The Labute approximate surface area is 158 Å². The topological polar surface area (TPSA) is 65.0 Å². The molecule has 0 radical (unpaired) electrons. The SMILES string of the molecule is O=C(ON=C1CC(C(=O)OCc2ccccc2)C1)c1ccc(C(F)(F)F)cc1. The van der Waals surface area contributed by atoms with E-state index in [-0.39, 0.29) is 24.1 Å². The van der Waals surface area contributed by atoms with E-state index in [1.165, 1.54) is 0 Å². The van der Waals surface area contributed by atoms with Crippen molar-refractivity contribution in [3.8, 4) is 0 Å². The molecule has 0 heterocycles. The van der Waals surface area contributed by atoms with Crippen LogP contribution in [0.4, 0.5) is 13.2 Å². The van der Waals surface area contributed by atoms with Gasteiger partial charge in [0, 0.05) is 12.8 Å². The second-order valence-corrected chi connectivity index (χ2v) is 6.31. The Kier molecular flexibility index (Phi) is 5.77. The summed E-state index contributed by atoms with van der Waals surface area (Å²) in [6, 6.07) is 12.9. The fourth-order valence-corrected chi connectivity index (χ4v) is 2.55. The maximum atomic E-state index is 12.5. The van der Waals surface area contributed by atoms with E-state index in [2.05, 4.69) is 5.16 Å². The van der Waals surface area contributed by atoms with Gasteiger partial charge >= 0.3 is 18.1 Å². The van der Waals surface area contributed by atoms with Crippen molar-refractivity contribution in [1.82, 2.24) is 0 Å². The van der Waals surface area contributed by atoms with Crippen LogP contribution in [0.5, 0.6) is 0 Å². The van der Waals surface area contributed by atoms with Gasteiger partial charge < -0.3 is 9.57 Å². The zero-order chi connectivity index (χ0) is 20.1. The second-order valence-electron chi connectivity index (χ2n) is 6.31. The number of oxime groups is 1. The average Bonchev–Trinajstić information content (AvgIpc) is 2.65. The molecular weight excluding hydrogens is 375 g/mol. The molecule has 0 aromatic heterocycles. The molecule has 0 unspecified atom stereocenters. The van der Waals surface area contributed by atoms with Gasteiger partial charge in [-0.25, -0.2) is 4.79 Å². The Balaban J connectivity index is 1.44. The Hall–Kier alpha value is -3.16. The number of carbonyl (C=O) groups is 2. The number of hydrogen-bond acceptors (Lipinski definition) is 5. The third-order valence-electron chi connectivity index (χ3n) is 4.23. The molecule has 2 aromatic rings. The number of halogens is 3. The predicted molar refractivity (Wildman–Crippen MR) is 93.3 cm³/mol. The second kappa shape index (κ2) is 8.24. The monoisotopic (exact) mass is 391 g/mol. The fourth-order valence-electron chi connectivity index (χ4n) is 2.55. The summed E-state index contributed by atoms with van der Waals surface area (Å²) in [7, 11) is 0. The highest BCUT2D eigenvalue weighted by Gasteiger charge is 2.33. The van der Waals surface area contributed by atoms with Gasteiger partial charge in [0.05, 0.1) is 22.8 Å². The summed E-state index contributed by atoms with van der Waals surface area (Å²) in [5, 5.41) is 3.66. The van der Waals surface area contributed by atoms with Crippen LogP contribution >= 0.6 is 0 Å². The summed E-state index contributed by atoms with van der Waals surface area (Å²) in [4.78, 5) is 28.5. The van der Waals surface area contributed by atoms with E-state index in [0.717, 1.165) is 29.8 Å². The van der Waals surface area contributed by atoms with Crippen LogP contribution < -0.4 is 0 Å². The van der Waals surface area contributed by atoms with E-state index >= 15 is 0 Å². The Morgan fingerprint density at radius 2 is 1.64 bits per heavy atom. The van der Waals surface area contributed by atoms with Crippen molar-refractivity contribution >= 4 is 17.7 Å². The van der Waals surface area contributed by atoms with Crippen LogP contribution in [-0.4, -0.2) is 17.7 Å². The number of hydrogen-bond donors (Lipinski definition) is 0. The highest BCUT2D eigenvalue weighted by Crippen LogP contribution is 2.29. The lowest BCUT2D eigenvalue weighted by atomic mass is 9.83. The third-order valence-corrected chi connectivity index (χ3v) is 4.23. The summed E-state index contributed by atoms with van der Waals surface area (Å²) in [6.07, 6.45) is -3.85. The van der Waals surface area contributed by atoms with Crippen molar-refractivity contribution in [2.75, 3.05) is 0 Å². The normalized spacial score (nSPS) is 16.1. The molecule has 8 heteroatoms. The first kappa shape index (κ1) is 19.6.